The predicted octanol–water partition coefficient (Wildman–Crippen LogP) is 2.38. The lowest BCUT2D eigenvalue weighted by Gasteiger charge is -2.03. The molecule has 0 aliphatic rings. The van der Waals surface area contributed by atoms with Crippen molar-refractivity contribution in [1.82, 2.24) is 15.0 Å². The number of benzene rings is 1. The van der Waals surface area contributed by atoms with E-state index in [4.69, 9.17) is 5.73 Å². The van der Waals surface area contributed by atoms with Gasteiger partial charge in [-0.25, -0.2) is 4.98 Å². The van der Waals surface area contributed by atoms with E-state index in [-0.39, 0.29) is 5.95 Å². The van der Waals surface area contributed by atoms with Gasteiger partial charge in [0.15, 0.2) is 5.82 Å². The van der Waals surface area contributed by atoms with E-state index < -0.39 is 0 Å². The third-order valence-electron chi connectivity index (χ3n) is 2.52. The molecule has 0 atom stereocenters. The van der Waals surface area contributed by atoms with Crippen LogP contribution in [0, 0.1) is 6.92 Å². The van der Waals surface area contributed by atoms with Crippen molar-refractivity contribution in [3.63, 3.8) is 0 Å². The van der Waals surface area contributed by atoms with Gasteiger partial charge in [0.2, 0.25) is 5.95 Å². The van der Waals surface area contributed by atoms with E-state index in [1.165, 1.54) is 5.56 Å². The fourth-order valence-corrected chi connectivity index (χ4v) is 1.74. The zero-order valence-corrected chi connectivity index (χ0v) is 10.1. The van der Waals surface area contributed by atoms with Gasteiger partial charge in [0, 0.05) is 5.56 Å². The molecule has 0 saturated heterocycles. The highest BCUT2D eigenvalue weighted by Gasteiger charge is 2.04. The highest BCUT2D eigenvalue weighted by molar-refractivity contribution is 5.56. The number of aryl methyl sites for hydroxylation is 2. The summed E-state index contributed by atoms with van der Waals surface area (Å²) in [6.07, 6.45) is 2.25. The number of rotatable bonds is 3. The van der Waals surface area contributed by atoms with Gasteiger partial charge in [-0.05, 0) is 18.9 Å². The van der Waals surface area contributed by atoms with E-state index in [2.05, 4.69) is 34.0 Å². The SMILES string of the molecule is CCCc1ccc(-c2nc(C)nc(N)n2)cc1. The predicted molar refractivity (Wildman–Crippen MR) is 68.4 cm³/mol. The molecule has 4 nitrogen and oxygen atoms in total. The molecule has 2 rings (SSSR count). The Kier molecular flexibility index (Phi) is 3.32. The molecule has 1 aromatic carbocycles. The van der Waals surface area contributed by atoms with E-state index in [9.17, 15) is 0 Å². The molecule has 0 radical (unpaired) electrons. The molecule has 2 aromatic rings. The highest BCUT2D eigenvalue weighted by atomic mass is 15.1. The molecule has 0 aliphatic heterocycles. The van der Waals surface area contributed by atoms with Crippen molar-refractivity contribution in [3.05, 3.63) is 35.7 Å². The van der Waals surface area contributed by atoms with Crippen LogP contribution in [0.4, 0.5) is 5.95 Å². The second-order valence-corrected chi connectivity index (χ2v) is 4.01. The number of hydrogen-bond acceptors (Lipinski definition) is 4. The Morgan fingerprint density at radius 3 is 2.35 bits per heavy atom. The molecule has 88 valence electrons. The summed E-state index contributed by atoms with van der Waals surface area (Å²) in [5.41, 5.74) is 7.91. The minimum atomic E-state index is 0.269. The summed E-state index contributed by atoms with van der Waals surface area (Å²) in [7, 11) is 0. The molecule has 4 heteroatoms. The van der Waals surface area contributed by atoms with E-state index in [1.807, 2.05) is 19.1 Å². The lowest BCUT2D eigenvalue weighted by atomic mass is 10.1. The highest BCUT2D eigenvalue weighted by Crippen LogP contribution is 2.16. The second kappa shape index (κ2) is 4.91. The third kappa shape index (κ3) is 2.78. The quantitative estimate of drug-likeness (QED) is 0.876. The molecular formula is C13H16N4. The summed E-state index contributed by atoms with van der Waals surface area (Å²) in [5.74, 6) is 1.55. The Bertz CT molecular complexity index is 485. The summed E-state index contributed by atoms with van der Waals surface area (Å²) >= 11 is 0. The van der Waals surface area contributed by atoms with Gasteiger partial charge in [0.1, 0.15) is 5.82 Å². The first-order valence-corrected chi connectivity index (χ1v) is 5.76. The van der Waals surface area contributed by atoms with Crippen LogP contribution >= 0.6 is 0 Å². The third-order valence-corrected chi connectivity index (χ3v) is 2.52. The van der Waals surface area contributed by atoms with Crippen molar-refractivity contribution in [2.24, 2.45) is 0 Å². The van der Waals surface area contributed by atoms with Crippen LogP contribution in [0.1, 0.15) is 24.7 Å². The minimum absolute atomic E-state index is 0.269. The molecule has 2 N–H and O–H groups in total. The van der Waals surface area contributed by atoms with Gasteiger partial charge in [0.25, 0.3) is 0 Å². The van der Waals surface area contributed by atoms with Crippen LogP contribution in [-0.2, 0) is 6.42 Å². The lowest BCUT2D eigenvalue weighted by Crippen LogP contribution is -2.01. The molecule has 0 spiro atoms. The fraction of sp³-hybridized carbons (Fsp3) is 0.308. The molecule has 1 aromatic heterocycles. The van der Waals surface area contributed by atoms with Crippen LogP contribution in [0.15, 0.2) is 24.3 Å². The standard InChI is InChI=1S/C13H16N4/c1-3-4-10-5-7-11(8-6-10)12-15-9(2)16-13(14)17-12/h5-8H,3-4H2,1-2H3,(H2,14,15,16,17). The minimum Gasteiger partial charge on any atom is -0.368 e. The van der Waals surface area contributed by atoms with Crippen LogP contribution in [0.3, 0.4) is 0 Å². The maximum absolute atomic E-state index is 5.61. The Hall–Kier alpha value is -1.97. The molecule has 0 aliphatic carbocycles. The van der Waals surface area contributed by atoms with Gasteiger partial charge in [-0.3, -0.25) is 0 Å². The molecule has 1 heterocycles. The topological polar surface area (TPSA) is 64.7 Å². The normalized spacial score (nSPS) is 10.5. The Morgan fingerprint density at radius 1 is 1.06 bits per heavy atom. The zero-order valence-electron chi connectivity index (χ0n) is 10.1. The number of nitrogens with zero attached hydrogens (tertiary/aromatic N) is 3. The number of hydrogen-bond donors (Lipinski definition) is 1. The molecule has 0 saturated carbocycles. The van der Waals surface area contributed by atoms with Gasteiger partial charge < -0.3 is 5.73 Å². The number of nitrogens with two attached hydrogens (primary N) is 1. The number of anilines is 1. The van der Waals surface area contributed by atoms with Crippen molar-refractivity contribution >= 4 is 5.95 Å². The van der Waals surface area contributed by atoms with E-state index in [0.717, 1.165) is 18.4 Å². The summed E-state index contributed by atoms with van der Waals surface area (Å²) in [6, 6.07) is 8.26. The summed E-state index contributed by atoms with van der Waals surface area (Å²) < 4.78 is 0. The Balaban J connectivity index is 2.32. The summed E-state index contributed by atoms with van der Waals surface area (Å²) in [6.45, 7) is 3.98. The Morgan fingerprint density at radius 2 is 1.76 bits per heavy atom. The number of nitrogen functional groups attached to an aromatic ring is 1. The second-order valence-electron chi connectivity index (χ2n) is 4.01. The van der Waals surface area contributed by atoms with Crippen LogP contribution in [-0.4, -0.2) is 15.0 Å². The first kappa shape index (κ1) is 11.5. The van der Waals surface area contributed by atoms with E-state index in [0.29, 0.717) is 11.6 Å². The summed E-state index contributed by atoms with van der Waals surface area (Å²) in [5, 5.41) is 0. The van der Waals surface area contributed by atoms with Crippen LogP contribution in [0.5, 0.6) is 0 Å². The molecule has 0 fully saturated rings. The average Bonchev–Trinajstić information content (AvgIpc) is 2.29. The largest absolute Gasteiger partial charge is 0.368 e. The first-order valence-electron chi connectivity index (χ1n) is 5.76. The van der Waals surface area contributed by atoms with Gasteiger partial charge in [0.05, 0.1) is 0 Å². The van der Waals surface area contributed by atoms with Crippen molar-refractivity contribution < 1.29 is 0 Å². The molecule has 0 unspecified atom stereocenters. The summed E-state index contributed by atoms with van der Waals surface area (Å²) in [4.78, 5) is 12.4. The van der Waals surface area contributed by atoms with E-state index >= 15 is 0 Å². The van der Waals surface area contributed by atoms with Gasteiger partial charge >= 0.3 is 0 Å². The smallest absolute Gasteiger partial charge is 0.223 e. The molecular weight excluding hydrogens is 212 g/mol. The van der Waals surface area contributed by atoms with E-state index in [1.54, 1.807) is 0 Å². The first-order chi connectivity index (χ1) is 8.19. The van der Waals surface area contributed by atoms with Crippen molar-refractivity contribution in [2.75, 3.05) is 5.73 Å². The lowest BCUT2D eigenvalue weighted by molar-refractivity contribution is 0.921. The van der Waals surface area contributed by atoms with Gasteiger partial charge in [-0.1, -0.05) is 37.6 Å². The van der Waals surface area contributed by atoms with Crippen molar-refractivity contribution in [1.29, 1.82) is 0 Å². The monoisotopic (exact) mass is 228 g/mol. The zero-order chi connectivity index (χ0) is 12.3. The maximum Gasteiger partial charge on any atom is 0.223 e. The van der Waals surface area contributed by atoms with Crippen molar-refractivity contribution in [3.8, 4) is 11.4 Å². The average molecular weight is 228 g/mol. The van der Waals surface area contributed by atoms with Gasteiger partial charge in [-0.15, -0.1) is 0 Å². The Labute approximate surface area is 101 Å². The molecule has 0 amide bonds. The van der Waals surface area contributed by atoms with Gasteiger partial charge in [-0.2, -0.15) is 9.97 Å². The number of aromatic nitrogens is 3. The molecule has 0 bridgehead atoms. The van der Waals surface area contributed by atoms with Crippen LogP contribution in [0.2, 0.25) is 0 Å². The fourth-order valence-electron chi connectivity index (χ4n) is 1.74. The van der Waals surface area contributed by atoms with Crippen molar-refractivity contribution in [2.45, 2.75) is 26.7 Å². The maximum atomic E-state index is 5.61. The molecule has 17 heavy (non-hydrogen) atoms. The van der Waals surface area contributed by atoms with Crippen LogP contribution < -0.4 is 5.73 Å². The van der Waals surface area contributed by atoms with Crippen LogP contribution in [0.25, 0.3) is 11.4 Å².